The van der Waals surface area contributed by atoms with Gasteiger partial charge in [-0.1, -0.05) is 141 Å². The minimum Gasteiger partial charge on any atom is -0.458 e. The van der Waals surface area contributed by atoms with Crippen LogP contribution in [0, 0.1) is 6.33 Å². The van der Waals surface area contributed by atoms with E-state index < -0.39 is 84.4 Å². The maximum Gasteiger partial charge on any atom is 0.269 e. The second-order valence-corrected chi connectivity index (χ2v) is 13.4. The Morgan fingerprint density at radius 3 is 2.10 bits per heavy atom. The van der Waals surface area contributed by atoms with E-state index in [2.05, 4.69) is 11.3 Å². The van der Waals surface area contributed by atoms with Crippen molar-refractivity contribution in [1.82, 2.24) is 14.1 Å². The first-order chi connectivity index (χ1) is 35.7. The van der Waals surface area contributed by atoms with Gasteiger partial charge < -0.3 is 4.74 Å². The lowest BCUT2D eigenvalue weighted by Gasteiger charge is -2.17. The van der Waals surface area contributed by atoms with Crippen molar-refractivity contribution >= 4 is 32.8 Å². The van der Waals surface area contributed by atoms with E-state index in [1.165, 1.54) is 39.6 Å². The number of fused-ring (bicyclic) bond motifs is 4. The molecule has 0 radical (unpaired) electrons. The molecule has 10 rings (SSSR count). The summed E-state index contributed by atoms with van der Waals surface area (Å²) in [5, 5.41) is 0.0906. The van der Waals surface area contributed by atoms with Gasteiger partial charge in [-0.05, 0) is 95.0 Å². The molecule has 0 N–H and O–H groups in total. The number of ether oxygens (including phenoxy) is 1. The molecule has 0 aliphatic heterocycles. The summed E-state index contributed by atoms with van der Waals surface area (Å²) in [7, 11) is 0. The van der Waals surface area contributed by atoms with Gasteiger partial charge in [-0.15, -0.1) is 0 Å². The summed E-state index contributed by atoms with van der Waals surface area (Å²) in [6.45, 7) is 3.81. The van der Waals surface area contributed by atoms with Crippen LogP contribution in [0.25, 0.3) is 72.3 Å². The third-order valence-electron chi connectivity index (χ3n) is 10.1. The average molecular weight is 768 g/mol. The first kappa shape index (κ1) is 21.3. The third-order valence-corrected chi connectivity index (χ3v) is 10.1. The Morgan fingerprint density at radius 2 is 1.34 bits per heavy atom. The third kappa shape index (κ3) is 6.22. The molecule has 0 atom stereocenters. The monoisotopic (exact) mass is 767 g/mol. The van der Waals surface area contributed by atoms with Crippen molar-refractivity contribution in [2.75, 3.05) is 0 Å². The van der Waals surface area contributed by atoms with Gasteiger partial charge in [-0.2, -0.15) is 0 Å². The highest BCUT2D eigenvalue weighted by atomic mass is 16.5. The number of hydrogen-bond acceptors (Lipinski definition) is 2. The number of nitrogens with zero attached hydrogens (tertiary/aromatic N) is 4. The summed E-state index contributed by atoms with van der Waals surface area (Å²) in [6, 6.07) is 14.8. The van der Waals surface area contributed by atoms with E-state index in [1.807, 2.05) is 13.8 Å². The summed E-state index contributed by atoms with van der Waals surface area (Å²) in [4.78, 5) is 4.62. The molecule has 0 fully saturated rings. The zero-order valence-corrected chi connectivity index (χ0v) is 31.3. The lowest BCUT2D eigenvalue weighted by molar-refractivity contribution is -0.571. The van der Waals surface area contributed by atoms with Gasteiger partial charge in [0.25, 0.3) is 6.33 Å². The highest BCUT2D eigenvalue weighted by Gasteiger charge is 2.20. The molecule has 280 valence electrons. The van der Waals surface area contributed by atoms with Crippen molar-refractivity contribution in [2.45, 2.75) is 32.6 Å². The number of pyridine rings is 1. The van der Waals surface area contributed by atoms with Crippen LogP contribution >= 0.6 is 0 Å². The van der Waals surface area contributed by atoms with E-state index >= 15 is 0 Å². The summed E-state index contributed by atoms with van der Waals surface area (Å²) in [5.74, 6) is -0.697. The van der Waals surface area contributed by atoms with Crippen LogP contribution < -0.4 is 9.30 Å². The van der Waals surface area contributed by atoms with Crippen LogP contribution in [-0.4, -0.2) is 14.1 Å². The Morgan fingerprint density at radius 1 is 0.655 bits per heavy atom. The lowest BCUT2D eigenvalue weighted by atomic mass is 9.95. The molecule has 0 saturated carbocycles. The van der Waals surface area contributed by atoms with Gasteiger partial charge in [0, 0.05) is 24.4 Å². The molecule has 0 aliphatic carbocycles. The Balaban J connectivity index is 1.18. The molecule has 58 heavy (non-hydrogen) atoms. The van der Waals surface area contributed by atoms with Gasteiger partial charge in [-0.3, -0.25) is 13.7 Å². The second-order valence-electron chi connectivity index (χ2n) is 13.4. The van der Waals surface area contributed by atoms with Crippen LogP contribution in [0.4, 0.5) is 0 Å². The fourth-order valence-electron chi connectivity index (χ4n) is 7.46. The number of para-hydroxylation sites is 4. The normalized spacial score (nSPS) is 15.9. The zero-order chi connectivity index (χ0) is 53.8. The molecule has 3 aromatic heterocycles. The Kier molecular flexibility index (Phi) is 5.52. The first-order valence-electron chi connectivity index (χ1n) is 27.2. The number of benzene rings is 7. The quantitative estimate of drug-likeness (QED) is 0.103. The van der Waals surface area contributed by atoms with Gasteiger partial charge in [0.1, 0.15) is 17.3 Å². The van der Waals surface area contributed by atoms with Gasteiger partial charge in [0.05, 0.1) is 55.4 Å². The number of rotatable bonds is 10. The second kappa shape index (κ2) is 15.0. The Bertz CT molecular complexity index is 3930. The molecule has 7 aromatic carbocycles. The maximum absolute atomic E-state index is 9.37. The van der Waals surface area contributed by atoms with E-state index in [4.69, 9.17) is 23.9 Å². The van der Waals surface area contributed by atoms with Gasteiger partial charge in [-0.25, -0.2) is 4.98 Å². The van der Waals surface area contributed by atoms with Crippen molar-refractivity contribution < 1.29 is 32.6 Å². The SMILES string of the molecule is [2H]c1c([2H])c([2H])c(-c2cccc(-c3c([2H])c([2H])c([2H])c([2H])c3[2H])c2-[n+]2[c-]n(-c3cccc(Oc4cc5c(c([2H])c4[2H])c4c([2H])c([2H])c([2H])c([2H])c4n5-c4cc(C([2H])(CC)CC)ccn4)c3)c3ccccc32)c([2H])c1[2H]. The van der Waals surface area contributed by atoms with Crippen LogP contribution in [0.1, 0.15) is 61.4 Å². The van der Waals surface area contributed by atoms with Crippen LogP contribution in [0.15, 0.2) is 188 Å². The van der Waals surface area contributed by atoms with Crippen molar-refractivity contribution in [1.29, 1.82) is 0 Å². The van der Waals surface area contributed by atoms with Crippen LogP contribution in [0.5, 0.6) is 11.5 Å². The molecule has 0 bridgehead atoms. The van der Waals surface area contributed by atoms with Gasteiger partial charge >= 0.3 is 0 Å². The summed E-state index contributed by atoms with van der Waals surface area (Å²) in [5.41, 5.74) is 2.06. The molecule has 0 saturated heterocycles. The first-order valence-corrected chi connectivity index (χ1v) is 18.7. The number of hydrogen-bond donors (Lipinski definition) is 0. The Labute approximate surface area is 362 Å². The molecule has 0 spiro atoms. The van der Waals surface area contributed by atoms with E-state index in [0.717, 1.165) is 0 Å². The molecule has 0 amide bonds. The number of imidazole rings is 1. The van der Waals surface area contributed by atoms with Crippen molar-refractivity contribution in [3.63, 3.8) is 0 Å². The van der Waals surface area contributed by atoms with E-state index in [0.29, 0.717) is 35.1 Å². The molecule has 3 heterocycles. The van der Waals surface area contributed by atoms with Crippen molar-refractivity contribution in [2.24, 2.45) is 0 Å². The predicted octanol–water partition coefficient (Wildman–Crippen LogP) is 13.2. The predicted molar refractivity (Wildman–Crippen MR) is 236 cm³/mol. The van der Waals surface area contributed by atoms with Gasteiger partial charge in [0.2, 0.25) is 0 Å². The maximum atomic E-state index is 9.37. The fraction of sp³-hybridized carbons (Fsp3) is 0.0943. The standard InChI is InChI=1S/C53H42N4O/c1-3-37(4-2)40-31-32-54-52(33-40)57-48-26-12-11-23-46(48)47-30-29-43(35-51(47)57)58-42-22-15-21-41(34-42)55-36-56(50-28-14-13-27-49(50)55)53-44(38-17-7-5-8-18-38)24-16-25-45(53)39-19-9-6-10-20-39/h5-35,37H,3-4H2,1-2H3/i5D,6D,7D,8D,9D,10D,11D,12D,17D,18D,19D,20D,23D,26D,29D,30D,37D. The van der Waals surface area contributed by atoms with Crippen LogP contribution in [-0.2, 0) is 0 Å². The molecule has 0 unspecified atom stereocenters. The minimum absolute atomic E-state index is 0.0181. The smallest absolute Gasteiger partial charge is 0.269 e. The fourth-order valence-corrected chi connectivity index (χ4v) is 7.46. The molecule has 5 heteroatoms. The van der Waals surface area contributed by atoms with Crippen LogP contribution in [0.3, 0.4) is 0 Å². The van der Waals surface area contributed by atoms with Crippen molar-refractivity contribution in [3.05, 3.63) is 200 Å². The number of aromatic nitrogens is 4. The zero-order valence-electron chi connectivity index (χ0n) is 48.3. The van der Waals surface area contributed by atoms with E-state index in [1.54, 1.807) is 65.2 Å². The topological polar surface area (TPSA) is 35.9 Å². The van der Waals surface area contributed by atoms with Gasteiger partial charge in [0.15, 0.2) is 0 Å². The lowest BCUT2D eigenvalue weighted by Crippen LogP contribution is -2.31. The summed E-state index contributed by atoms with van der Waals surface area (Å²) >= 11 is 0. The summed E-state index contributed by atoms with van der Waals surface area (Å²) < 4.78 is 161. The van der Waals surface area contributed by atoms with Crippen molar-refractivity contribution in [3.8, 4) is 50.9 Å². The van der Waals surface area contributed by atoms with Crippen LogP contribution in [0.2, 0.25) is 0 Å². The summed E-state index contributed by atoms with van der Waals surface area (Å²) in [6.07, 6.45) is 5.82. The minimum atomic E-state index is -0.994. The van der Waals surface area contributed by atoms with E-state index in [9.17, 15) is 4.11 Å². The molecular formula is C53H42N4O. The Hall–Kier alpha value is -7.24. The largest absolute Gasteiger partial charge is 0.458 e. The molecular weight excluding hydrogens is 709 g/mol. The molecule has 10 aromatic rings. The highest BCUT2D eigenvalue weighted by molar-refractivity contribution is 6.09. The van der Waals surface area contributed by atoms with E-state index in [-0.39, 0.29) is 85.2 Å². The molecule has 5 nitrogen and oxygen atoms in total. The highest BCUT2D eigenvalue weighted by Crippen LogP contribution is 2.37. The average Bonchev–Trinajstić information content (AvgIpc) is 4.00. The molecule has 0 aliphatic rings.